The second-order valence-corrected chi connectivity index (χ2v) is 4.28. The maximum atomic E-state index is 9.20. The Labute approximate surface area is 107 Å². The summed E-state index contributed by atoms with van der Waals surface area (Å²) in [5, 5.41) is 9.20. The fourth-order valence-corrected chi connectivity index (χ4v) is 1.74. The SMILES string of the molecule is C[C@H](N)c1ccccc1OCc1ccc(O)cc1. The van der Waals surface area contributed by atoms with Crippen LogP contribution < -0.4 is 10.5 Å². The highest BCUT2D eigenvalue weighted by atomic mass is 16.5. The van der Waals surface area contributed by atoms with E-state index in [-0.39, 0.29) is 11.8 Å². The molecule has 0 aliphatic rings. The Morgan fingerprint density at radius 3 is 2.44 bits per heavy atom. The Hall–Kier alpha value is -2.00. The minimum Gasteiger partial charge on any atom is -0.508 e. The highest BCUT2D eigenvalue weighted by molar-refractivity contribution is 5.35. The van der Waals surface area contributed by atoms with Gasteiger partial charge < -0.3 is 15.6 Å². The largest absolute Gasteiger partial charge is 0.508 e. The smallest absolute Gasteiger partial charge is 0.124 e. The Balaban J connectivity index is 2.08. The number of para-hydroxylation sites is 1. The van der Waals surface area contributed by atoms with Crippen molar-refractivity contribution < 1.29 is 9.84 Å². The molecule has 94 valence electrons. The highest BCUT2D eigenvalue weighted by Crippen LogP contribution is 2.24. The molecule has 18 heavy (non-hydrogen) atoms. The summed E-state index contributed by atoms with van der Waals surface area (Å²) in [6.07, 6.45) is 0. The predicted octanol–water partition coefficient (Wildman–Crippen LogP) is 2.99. The van der Waals surface area contributed by atoms with E-state index in [1.54, 1.807) is 12.1 Å². The molecule has 2 rings (SSSR count). The van der Waals surface area contributed by atoms with Gasteiger partial charge in [-0.3, -0.25) is 0 Å². The Morgan fingerprint density at radius 1 is 1.11 bits per heavy atom. The van der Waals surface area contributed by atoms with Gasteiger partial charge in [0.05, 0.1) is 0 Å². The number of rotatable bonds is 4. The summed E-state index contributed by atoms with van der Waals surface area (Å²) in [6, 6.07) is 14.7. The average Bonchev–Trinajstić information content (AvgIpc) is 2.38. The molecule has 2 aromatic rings. The lowest BCUT2D eigenvalue weighted by molar-refractivity contribution is 0.301. The Kier molecular flexibility index (Phi) is 3.85. The second kappa shape index (κ2) is 5.56. The van der Waals surface area contributed by atoms with Crippen LogP contribution in [0.4, 0.5) is 0 Å². The van der Waals surface area contributed by atoms with Gasteiger partial charge in [-0.1, -0.05) is 30.3 Å². The molecule has 0 amide bonds. The van der Waals surface area contributed by atoms with Crippen LogP contribution in [0.2, 0.25) is 0 Å². The van der Waals surface area contributed by atoms with Crippen LogP contribution >= 0.6 is 0 Å². The molecule has 2 aromatic carbocycles. The number of nitrogens with two attached hydrogens (primary N) is 1. The minimum absolute atomic E-state index is 0.0546. The van der Waals surface area contributed by atoms with Gasteiger partial charge in [0, 0.05) is 11.6 Å². The lowest BCUT2D eigenvalue weighted by Gasteiger charge is -2.13. The molecule has 1 atom stereocenters. The summed E-state index contributed by atoms with van der Waals surface area (Å²) < 4.78 is 5.76. The van der Waals surface area contributed by atoms with Crippen LogP contribution in [0.5, 0.6) is 11.5 Å². The number of hydrogen-bond donors (Lipinski definition) is 2. The molecule has 0 aliphatic carbocycles. The van der Waals surface area contributed by atoms with E-state index >= 15 is 0 Å². The number of phenolic OH excluding ortho intramolecular Hbond substituents is 1. The molecule has 0 saturated heterocycles. The molecule has 0 spiro atoms. The molecule has 0 radical (unpaired) electrons. The number of phenols is 1. The molecular formula is C15H17NO2. The van der Waals surface area contributed by atoms with E-state index in [0.29, 0.717) is 6.61 Å². The molecule has 3 heteroatoms. The van der Waals surface area contributed by atoms with Crippen LogP contribution in [-0.2, 0) is 6.61 Å². The molecule has 0 aromatic heterocycles. The van der Waals surface area contributed by atoms with Crippen molar-refractivity contribution in [1.82, 2.24) is 0 Å². The number of ether oxygens (including phenoxy) is 1. The molecule has 0 aliphatic heterocycles. The molecule has 0 fully saturated rings. The van der Waals surface area contributed by atoms with Gasteiger partial charge in [0.25, 0.3) is 0 Å². The fraction of sp³-hybridized carbons (Fsp3) is 0.200. The molecule has 0 unspecified atom stereocenters. The topological polar surface area (TPSA) is 55.5 Å². The van der Waals surface area contributed by atoms with E-state index in [1.807, 2.05) is 43.3 Å². The van der Waals surface area contributed by atoms with Crippen LogP contribution in [0.1, 0.15) is 24.1 Å². The first-order valence-electron chi connectivity index (χ1n) is 5.92. The van der Waals surface area contributed by atoms with Crippen molar-refractivity contribution in [3.8, 4) is 11.5 Å². The van der Waals surface area contributed by atoms with Gasteiger partial charge in [0.2, 0.25) is 0 Å². The zero-order valence-electron chi connectivity index (χ0n) is 10.3. The third-order valence-corrected chi connectivity index (χ3v) is 2.74. The van der Waals surface area contributed by atoms with Crippen molar-refractivity contribution in [1.29, 1.82) is 0 Å². The monoisotopic (exact) mass is 243 g/mol. The first kappa shape index (κ1) is 12.5. The Morgan fingerprint density at radius 2 is 1.78 bits per heavy atom. The summed E-state index contributed by atoms with van der Waals surface area (Å²) in [6.45, 7) is 2.40. The Bertz CT molecular complexity index is 506. The maximum Gasteiger partial charge on any atom is 0.124 e. The maximum absolute atomic E-state index is 9.20. The molecular weight excluding hydrogens is 226 g/mol. The van der Waals surface area contributed by atoms with Gasteiger partial charge >= 0.3 is 0 Å². The van der Waals surface area contributed by atoms with Crippen molar-refractivity contribution in [3.63, 3.8) is 0 Å². The third kappa shape index (κ3) is 3.02. The molecule has 3 N–H and O–H groups in total. The highest BCUT2D eigenvalue weighted by Gasteiger charge is 2.07. The zero-order valence-corrected chi connectivity index (χ0v) is 10.3. The van der Waals surface area contributed by atoms with E-state index < -0.39 is 0 Å². The normalized spacial score (nSPS) is 12.1. The van der Waals surface area contributed by atoms with Crippen molar-refractivity contribution >= 4 is 0 Å². The van der Waals surface area contributed by atoms with Crippen molar-refractivity contribution in [2.24, 2.45) is 5.73 Å². The summed E-state index contributed by atoms with van der Waals surface area (Å²) in [4.78, 5) is 0. The van der Waals surface area contributed by atoms with E-state index in [2.05, 4.69) is 0 Å². The van der Waals surface area contributed by atoms with Crippen molar-refractivity contribution in [3.05, 3.63) is 59.7 Å². The summed E-state index contributed by atoms with van der Waals surface area (Å²) >= 11 is 0. The average molecular weight is 243 g/mol. The molecule has 3 nitrogen and oxygen atoms in total. The van der Waals surface area contributed by atoms with E-state index in [9.17, 15) is 5.11 Å². The molecule has 0 saturated carbocycles. The van der Waals surface area contributed by atoms with Crippen molar-refractivity contribution in [2.45, 2.75) is 19.6 Å². The van der Waals surface area contributed by atoms with Crippen LogP contribution in [0.25, 0.3) is 0 Å². The second-order valence-electron chi connectivity index (χ2n) is 4.28. The van der Waals surface area contributed by atoms with Gasteiger partial charge in [-0.2, -0.15) is 0 Å². The fourth-order valence-electron chi connectivity index (χ4n) is 1.74. The van der Waals surface area contributed by atoms with Gasteiger partial charge in [0.1, 0.15) is 18.1 Å². The van der Waals surface area contributed by atoms with E-state index in [0.717, 1.165) is 16.9 Å². The van der Waals surface area contributed by atoms with Crippen LogP contribution in [0.15, 0.2) is 48.5 Å². The van der Waals surface area contributed by atoms with Gasteiger partial charge in [0.15, 0.2) is 0 Å². The minimum atomic E-state index is -0.0546. The number of hydrogen-bond acceptors (Lipinski definition) is 3. The van der Waals surface area contributed by atoms with Crippen LogP contribution in [-0.4, -0.2) is 5.11 Å². The van der Waals surface area contributed by atoms with Gasteiger partial charge in [-0.25, -0.2) is 0 Å². The quantitative estimate of drug-likeness (QED) is 0.868. The van der Waals surface area contributed by atoms with Crippen LogP contribution in [0.3, 0.4) is 0 Å². The van der Waals surface area contributed by atoms with Crippen molar-refractivity contribution in [2.75, 3.05) is 0 Å². The summed E-state index contributed by atoms with van der Waals surface area (Å²) in [5.41, 5.74) is 7.89. The lowest BCUT2D eigenvalue weighted by atomic mass is 10.1. The lowest BCUT2D eigenvalue weighted by Crippen LogP contribution is -2.07. The number of aromatic hydroxyl groups is 1. The molecule has 0 heterocycles. The molecule has 0 bridgehead atoms. The third-order valence-electron chi connectivity index (χ3n) is 2.74. The first-order valence-corrected chi connectivity index (χ1v) is 5.92. The number of benzene rings is 2. The van der Waals surface area contributed by atoms with E-state index in [1.165, 1.54) is 0 Å². The van der Waals surface area contributed by atoms with E-state index in [4.69, 9.17) is 10.5 Å². The standard InChI is InChI=1S/C15H17NO2/c1-11(16)14-4-2-3-5-15(14)18-10-12-6-8-13(17)9-7-12/h2-9,11,17H,10,16H2,1H3/t11-/m0/s1. The van der Waals surface area contributed by atoms with Gasteiger partial charge in [-0.15, -0.1) is 0 Å². The van der Waals surface area contributed by atoms with Crippen LogP contribution in [0, 0.1) is 0 Å². The summed E-state index contributed by atoms with van der Waals surface area (Å²) in [7, 11) is 0. The summed E-state index contributed by atoms with van der Waals surface area (Å²) in [5.74, 6) is 1.07. The van der Waals surface area contributed by atoms with Gasteiger partial charge in [-0.05, 0) is 30.7 Å². The predicted molar refractivity (Wildman–Crippen MR) is 71.5 cm³/mol. The first-order chi connectivity index (χ1) is 8.66. The zero-order chi connectivity index (χ0) is 13.0.